The third-order valence-electron chi connectivity index (χ3n) is 3.11. The van der Waals surface area contributed by atoms with Crippen molar-refractivity contribution in [1.82, 2.24) is 14.3 Å². The maximum Gasteiger partial charge on any atom is 0.242 e. The van der Waals surface area contributed by atoms with Crippen LogP contribution in [0.1, 0.15) is 12.6 Å². The average Bonchev–Trinajstić information content (AvgIpc) is 2.55. The Balaban J connectivity index is 2.31. The number of nitrogens with zero attached hydrogens (tertiary/aromatic N) is 3. The highest BCUT2D eigenvalue weighted by Crippen LogP contribution is 2.29. The molecule has 8 heteroatoms. The highest BCUT2D eigenvalue weighted by Gasteiger charge is 2.19. The van der Waals surface area contributed by atoms with Gasteiger partial charge in [0.15, 0.2) is 0 Å². The first-order chi connectivity index (χ1) is 10.9. The first-order valence-electron chi connectivity index (χ1n) is 7.13. The molecule has 0 bridgehead atoms. The fourth-order valence-electron chi connectivity index (χ4n) is 1.91. The van der Waals surface area contributed by atoms with E-state index in [0.717, 1.165) is 5.69 Å². The van der Waals surface area contributed by atoms with Crippen LogP contribution < -0.4 is 10.1 Å². The molecular weight excluding hydrogens is 316 g/mol. The summed E-state index contributed by atoms with van der Waals surface area (Å²) in [5.41, 5.74) is 1.34. The van der Waals surface area contributed by atoms with E-state index in [4.69, 9.17) is 4.74 Å². The number of aromatic nitrogens is 2. The van der Waals surface area contributed by atoms with Crippen molar-refractivity contribution in [1.29, 1.82) is 0 Å². The Bertz CT molecular complexity index is 749. The van der Waals surface area contributed by atoms with E-state index >= 15 is 0 Å². The first-order valence-corrected chi connectivity index (χ1v) is 8.57. The van der Waals surface area contributed by atoms with E-state index in [-0.39, 0.29) is 4.90 Å². The molecule has 0 unspecified atom stereocenters. The number of sulfonamides is 1. The standard InChI is InChI=1S/C15H20N4O3S/c1-4-22-15-6-5-13(23(20,21)19(2)3)9-14(15)18-11-12-10-16-7-8-17-12/h5-10,18H,4,11H2,1-3H3. The molecule has 0 saturated carbocycles. The van der Waals surface area contributed by atoms with Crippen LogP contribution in [0.15, 0.2) is 41.7 Å². The van der Waals surface area contributed by atoms with Gasteiger partial charge in [-0.3, -0.25) is 9.97 Å². The van der Waals surface area contributed by atoms with Crippen LogP contribution in [0.4, 0.5) is 5.69 Å². The van der Waals surface area contributed by atoms with E-state index in [9.17, 15) is 8.42 Å². The van der Waals surface area contributed by atoms with E-state index < -0.39 is 10.0 Å². The van der Waals surface area contributed by atoms with Gasteiger partial charge in [-0.2, -0.15) is 0 Å². The monoisotopic (exact) mass is 336 g/mol. The maximum absolute atomic E-state index is 12.3. The van der Waals surface area contributed by atoms with E-state index in [1.54, 1.807) is 30.7 Å². The van der Waals surface area contributed by atoms with Crippen molar-refractivity contribution in [2.45, 2.75) is 18.4 Å². The van der Waals surface area contributed by atoms with Crippen LogP contribution in [-0.4, -0.2) is 43.4 Å². The second-order valence-corrected chi connectivity index (χ2v) is 7.08. The number of anilines is 1. The van der Waals surface area contributed by atoms with Gasteiger partial charge >= 0.3 is 0 Å². The number of nitrogens with one attached hydrogen (secondary N) is 1. The summed E-state index contributed by atoms with van der Waals surface area (Å²) in [6, 6.07) is 4.75. The minimum Gasteiger partial charge on any atom is -0.492 e. The minimum absolute atomic E-state index is 0.201. The summed E-state index contributed by atoms with van der Waals surface area (Å²) < 4.78 is 31.2. The lowest BCUT2D eigenvalue weighted by Gasteiger charge is -2.16. The third-order valence-corrected chi connectivity index (χ3v) is 4.92. The fourth-order valence-corrected chi connectivity index (χ4v) is 2.84. The molecule has 2 rings (SSSR count). The molecule has 1 N–H and O–H groups in total. The van der Waals surface area contributed by atoms with E-state index in [2.05, 4.69) is 15.3 Å². The molecule has 0 atom stereocenters. The van der Waals surface area contributed by atoms with Gasteiger partial charge in [-0.15, -0.1) is 0 Å². The molecule has 0 radical (unpaired) electrons. The van der Waals surface area contributed by atoms with Gasteiger partial charge in [-0.25, -0.2) is 12.7 Å². The van der Waals surface area contributed by atoms with Gasteiger partial charge in [0, 0.05) is 26.5 Å². The first kappa shape index (κ1) is 17.2. The zero-order valence-corrected chi connectivity index (χ0v) is 14.2. The van der Waals surface area contributed by atoms with E-state index in [1.165, 1.54) is 24.5 Å². The number of hydrogen-bond donors (Lipinski definition) is 1. The molecule has 0 aliphatic heterocycles. The quantitative estimate of drug-likeness (QED) is 0.829. The van der Waals surface area contributed by atoms with Gasteiger partial charge in [0.1, 0.15) is 5.75 Å². The van der Waals surface area contributed by atoms with Crippen LogP contribution in [-0.2, 0) is 16.6 Å². The Morgan fingerprint density at radius 1 is 1.26 bits per heavy atom. The Hall–Kier alpha value is -2.19. The van der Waals surface area contributed by atoms with Gasteiger partial charge < -0.3 is 10.1 Å². The van der Waals surface area contributed by atoms with Crippen LogP contribution in [0.3, 0.4) is 0 Å². The van der Waals surface area contributed by atoms with Crippen molar-refractivity contribution in [3.63, 3.8) is 0 Å². The van der Waals surface area contributed by atoms with Gasteiger partial charge in [0.2, 0.25) is 10.0 Å². The maximum atomic E-state index is 12.3. The summed E-state index contributed by atoms with van der Waals surface area (Å²) in [5, 5.41) is 3.16. The molecule has 0 aliphatic rings. The summed E-state index contributed by atoms with van der Waals surface area (Å²) in [6.07, 6.45) is 4.85. The molecule has 0 spiro atoms. The highest BCUT2D eigenvalue weighted by atomic mass is 32.2. The molecule has 0 aliphatic carbocycles. The molecule has 7 nitrogen and oxygen atoms in total. The Morgan fingerprint density at radius 3 is 2.65 bits per heavy atom. The number of benzene rings is 1. The zero-order valence-electron chi connectivity index (χ0n) is 13.4. The molecule has 1 heterocycles. The van der Waals surface area contributed by atoms with Crippen molar-refractivity contribution in [2.75, 3.05) is 26.0 Å². The second kappa shape index (κ2) is 7.38. The van der Waals surface area contributed by atoms with Crippen LogP contribution >= 0.6 is 0 Å². The predicted molar refractivity (Wildman–Crippen MR) is 87.8 cm³/mol. The molecule has 1 aromatic heterocycles. The predicted octanol–water partition coefficient (Wildman–Crippen LogP) is 1.74. The second-order valence-electron chi connectivity index (χ2n) is 4.93. The largest absolute Gasteiger partial charge is 0.492 e. The topological polar surface area (TPSA) is 84.4 Å². The van der Waals surface area contributed by atoms with Crippen LogP contribution in [0.25, 0.3) is 0 Å². The molecule has 23 heavy (non-hydrogen) atoms. The van der Waals surface area contributed by atoms with Gasteiger partial charge in [-0.05, 0) is 25.1 Å². The van der Waals surface area contributed by atoms with E-state index in [1.807, 2.05) is 6.92 Å². The zero-order chi connectivity index (χ0) is 16.9. The van der Waals surface area contributed by atoms with Crippen molar-refractivity contribution >= 4 is 15.7 Å². The van der Waals surface area contributed by atoms with Crippen LogP contribution in [0.5, 0.6) is 5.75 Å². The van der Waals surface area contributed by atoms with Gasteiger partial charge in [0.05, 0.1) is 35.6 Å². The lowest BCUT2D eigenvalue weighted by molar-refractivity contribution is 0.341. The molecule has 0 fully saturated rings. The summed E-state index contributed by atoms with van der Waals surface area (Å²) in [6.45, 7) is 2.77. The smallest absolute Gasteiger partial charge is 0.242 e. The Kier molecular flexibility index (Phi) is 5.51. The van der Waals surface area contributed by atoms with Crippen LogP contribution in [0.2, 0.25) is 0 Å². The molecular formula is C15H20N4O3S. The molecule has 1 aromatic carbocycles. The number of hydrogen-bond acceptors (Lipinski definition) is 6. The Morgan fingerprint density at radius 2 is 2.04 bits per heavy atom. The van der Waals surface area contributed by atoms with Gasteiger partial charge in [0.25, 0.3) is 0 Å². The lowest BCUT2D eigenvalue weighted by Crippen LogP contribution is -2.22. The fraction of sp³-hybridized carbons (Fsp3) is 0.333. The minimum atomic E-state index is -3.50. The van der Waals surface area contributed by atoms with Gasteiger partial charge in [-0.1, -0.05) is 0 Å². The Labute approximate surface area is 136 Å². The molecule has 0 saturated heterocycles. The summed E-state index contributed by atoms with van der Waals surface area (Å²) in [7, 11) is -0.507. The summed E-state index contributed by atoms with van der Waals surface area (Å²) in [5.74, 6) is 0.592. The normalized spacial score (nSPS) is 11.5. The van der Waals surface area contributed by atoms with Crippen LogP contribution in [0, 0.1) is 0 Å². The highest BCUT2D eigenvalue weighted by molar-refractivity contribution is 7.89. The summed E-state index contributed by atoms with van der Waals surface area (Å²) in [4.78, 5) is 8.38. The van der Waals surface area contributed by atoms with Crippen molar-refractivity contribution in [3.05, 3.63) is 42.5 Å². The summed E-state index contributed by atoms with van der Waals surface area (Å²) >= 11 is 0. The average molecular weight is 336 g/mol. The molecule has 2 aromatic rings. The number of ether oxygens (including phenoxy) is 1. The van der Waals surface area contributed by atoms with Crippen molar-refractivity contribution < 1.29 is 13.2 Å². The lowest BCUT2D eigenvalue weighted by atomic mass is 10.3. The van der Waals surface area contributed by atoms with Crippen molar-refractivity contribution in [2.24, 2.45) is 0 Å². The third kappa shape index (κ3) is 4.17. The van der Waals surface area contributed by atoms with E-state index in [0.29, 0.717) is 24.6 Å². The SMILES string of the molecule is CCOc1ccc(S(=O)(=O)N(C)C)cc1NCc1cnccn1. The molecule has 124 valence electrons. The number of rotatable bonds is 7. The molecule has 0 amide bonds. The van der Waals surface area contributed by atoms with Crippen molar-refractivity contribution in [3.8, 4) is 5.75 Å².